The molecule has 0 aliphatic carbocycles. The van der Waals surface area contributed by atoms with E-state index in [2.05, 4.69) is 27.9 Å². The fourth-order valence-corrected chi connectivity index (χ4v) is 2.68. The van der Waals surface area contributed by atoms with E-state index in [0.717, 1.165) is 18.8 Å². The number of aromatic nitrogens is 2. The molecule has 21 heavy (non-hydrogen) atoms. The molecule has 5 heteroatoms. The summed E-state index contributed by atoms with van der Waals surface area (Å²) in [6, 6.07) is 10.1. The molecule has 5 nitrogen and oxygen atoms in total. The standard InChI is InChI=1S/C16H20N4O/c1-11(2)20-15(7-8-18-20)19-16(21)14-9-12-5-3-4-6-13(12)10-17-14/h3-8,11,14,17H,9-10H2,1-2H3,(H,19,21)/t14-/m1/s1. The number of amides is 1. The third kappa shape index (κ3) is 2.83. The third-order valence-electron chi connectivity index (χ3n) is 3.81. The van der Waals surface area contributed by atoms with E-state index in [9.17, 15) is 4.79 Å². The third-order valence-corrected chi connectivity index (χ3v) is 3.81. The molecule has 2 N–H and O–H groups in total. The molecule has 110 valence electrons. The van der Waals surface area contributed by atoms with Crippen molar-refractivity contribution in [1.82, 2.24) is 15.1 Å². The van der Waals surface area contributed by atoms with Gasteiger partial charge in [-0.2, -0.15) is 5.10 Å². The highest BCUT2D eigenvalue weighted by Gasteiger charge is 2.24. The zero-order valence-electron chi connectivity index (χ0n) is 12.3. The van der Waals surface area contributed by atoms with Crippen molar-refractivity contribution in [1.29, 1.82) is 0 Å². The Bertz CT molecular complexity index is 647. The molecule has 1 aliphatic heterocycles. The number of hydrogen-bond donors (Lipinski definition) is 2. The summed E-state index contributed by atoms with van der Waals surface area (Å²) in [4.78, 5) is 12.4. The van der Waals surface area contributed by atoms with Gasteiger partial charge in [-0.1, -0.05) is 24.3 Å². The van der Waals surface area contributed by atoms with Crippen LogP contribution in [-0.2, 0) is 17.8 Å². The summed E-state index contributed by atoms with van der Waals surface area (Å²) in [5.41, 5.74) is 2.52. The average molecular weight is 284 g/mol. The number of fused-ring (bicyclic) bond motifs is 1. The number of hydrogen-bond acceptors (Lipinski definition) is 3. The summed E-state index contributed by atoms with van der Waals surface area (Å²) in [6.45, 7) is 4.81. The summed E-state index contributed by atoms with van der Waals surface area (Å²) >= 11 is 0. The lowest BCUT2D eigenvalue weighted by atomic mass is 9.95. The maximum absolute atomic E-state index is 12.4. The van der Waals surface area contributed by atoms with Crippen molar-refractivity contribution in [3.05, 3.63) is 47.7 Å². The number of rotatable bonds is 3. The second-order valence-electron chi connectivity index (χ2n) is 5.65. The molecule has 1 aromatic heterocycles. The summed E-state index contributed by atoms with van der Waals surface area (Å²) in [6.07, 6.45) is 2.43. The number of carbonyl (C=O) groups excluding carboxylic acids is 1. The van der Waals surface area contributed by atoms with Crippen molar-refractivity contribution < 1.29 is 4.79 Å². The van der Waals surface area contributed by atoms with Crippen LogP contribution < -0.4 is 10.6 Å². The molecule has 3 rings (SSSR count). The summed E-state index contributed by atoms with van der Waals surface area (Å²) in [5.74, 6) is 0.738. The highest BCUT2D eigenvalue weighted by atomic mass is 16.2. The highest BCUT2D eigenvalue weighted by molar-refractivity contribution is 5.94. The smallest absolute Gasteiger partial charge is 0.243 e. The fourth-order valence-electron chi connectivity index (χ4n) is 2.68. The van der Waals surface area contributed by atoms with Gasteiger partial charge in [0, 0.05) is 18.7 Å². The van der Waals surface area contributed by atoms with Crippen LogP contribution in [0.2, 0.25) is 0 Å². The lowest BCUT2D eigenvalue weighted by Crippen LogP contribution is -2.45. The first-order valence-corrected chi connectivity index (χ1v) is 7.29. The summed E-state index contributed by atoms with van der Waals surface area (Å²) in [5, 5.41) is 10.5. The van der Waals surface area contributed by atoms with Gasteiger partial charge < -0.3 is 10.6 Å². The Morgan fingerprint density at radius 2 is 2.10 bits per heavy atom. The topological polar surface area (TPSA) is 59.0 Å². The Morgan fingerprint density at radius 1 is 1.33 bits per heavy atom. The highest BCUT2D eigenvalue weighted by Crippen LogP contribution is 2.18. The van der Waals surface area contributed by atoms with E-state index in [4.69, 9.17) is 0 Å². The van der Waals surface area contributed by atoms with Crippen LogP contribution in [0.3, 0.4) is 0 Å². The van der Waals surface area contributed by atoms with Crippen LogP contribution in [0.15, 0.2) is 36.5 Å². The van der Waals surface area contributed by atoms with E-state index in [-0.39, 0.29) is 18.0 Å². The van der Waals surface area contributed by atoms with Crippen molar-refractivity contribution >= 4 is 11.7 Å². The summed E-state index contributed by atoms with van der Waals surface area (Å²) < 4.78 is 1.81. The van der Waals surface area contributed by atoms with Gasteiger partial charge in [0.15, 0.2) is 0 Å². The Kier molecular flexibility index (Phi) is 3.75. The van der Waals surface area contributed by atoms with Gasteiger partial charge in [-0.05, 0) is 31.4 Å². The van der Waals surface area contributed by atoms with Gasteiger partial charge in [0.25, 0.3) is 0 Å². The molecule has 1 atom stereocenters. The molecule has 0 radical (unpaired) electrons. The van der Waals surface area contributed by atoms with Crippen molar-refractivity contribution in [3.8, 4) is 0 Å². The van der Waals surface area contributed by atoms with Crippen LogP contribution >= 0.6 is 0 Å². The quantitative estimate of drug-likeness (QED) is 0.907. The maximum Gasteiger partial charge on any atom is 0.243 e. The van der Waals surface area contributed by atoms with Crippen LogP contribution in [0, 0.1) is 0 Å². The largest absolute Gasteiger partial charge is 0.310 e. The number of carbonyl (C=O) groups is 1. The van der Waals surface area contributed by atoms with Gasteiger partial charge in [-0.3, -0.25) is 4.79 Å². The van der Waals surface area contributed by atoms with Crippen LogP contribution in [0.1, 0.15) is 31.0 Å². The molecule has 0 bridgehead atoms. The lowest BCUT2D eigenvalue weighted by Gasteiger charge is -2.25. The molecule has 0 spiro atoms. The first-order valence-electron chi connectivity index (χ1n) is 7.29. The molecule has 2 aromatic rings. The van der Waals surface area contributed by atoms with Crippen molar-refractivity contribution in [2.24, 2.45) is 0 Å². The minimum Gasteiger partial charge on any atom is -0.310 e. The minimum atomic E-state index is -0.199. The Balaban J connectivity index is 1.71. The van der Waals surface area contributed by atoms with Crippen molar-refractivity contribution in [3.63, 3.8) is 0 Å². The van der Waals surface area contributed by atoms with Crippen LogP contribution in [0.25, 0.3) is 0 Å². The SMILES string of the molecule is CC(C)n1nccc1NC(=O)[C@H]1Cc2ccccc2CN1. The van der Waals surface area contributed by atoms with E-state index in [1.807, 2.05) is 36.7 Å². The Hall–Kier alpha value is -2.14. The molecular weight excluding hydrogens is 264 g/mol. The molecule has 2 heterocycles. The van der Waals surface area contributed by atoms with E-state index in [1.165, 1.54) is 11.1 Å². The Labute approximate surface area is 124 Å². The average Bonchev–Trinajstić information content (AvgIpc) is 2.95. The first kappa shape index (κ1) is 13.8. The Morgan fingerprint density at radius 3 is 2.86 bits per heavy atom. The number of nitrogens with zero attached hydrogens (tertiary/aromatic N) is 2. The normalized spacial score (nSPS) is 17.6. The number of anilines is 1. The van der Waals surface area contributed by atoms with E-state index >= 15 is 0 Å². The predicted molar refractivity (Wildman–Crippen MR) is 82.0 cm³/mol. The van der Waals surface area contributed by atoms with Gasteiger partial charge in [0.1, 0.15) is 5.82 Å². The molecular formula is C16H20N4O. The molecule has 0 fully saturated rings. The van der Waals surface area contributed by atoms with Crippen LogP contribution in [0.5, 0.6) is 0 Å². The molecule has 0 saturated heterocycles. The minimum absolute atomic E-state index is 0.00750. The van der Waals surface area contributed by atoms with E-state index in [0.29, 0.717) is 0 Å². The molecule has 0 saturated carbocycles. The second kappa shape index (κ2) is 5.69. The predicted octanol–water partition coefficient (Wildman–Crippen LogP) is 2.12. The first-order chi connectivity index (χ1) is 10.1. The molecule has 1 aliphatic rings. The summed E-state index contributed by atoms with van der Waals surface area (Å²) in [7, 11) is 0. The monoisotopic (exact) mass is 284 g/mol. The van der Waals surface area contributed by atoms with E-state index in [1.54, 1.807) is 6.20 Å². The van der Waals surface area contributed by atoms with Crippen molar-refractivity contribution in [2.75, 3.05) is 5.32 Å². The van der Waals surface area contributed by atoms with Gasteiger partial charge in [0.2, 0.25) is 5.91 Å². The van der Waals surface area contributed by atoms with Crippen LogP contribution in [0.4, 0.5) is 5.82 Å². The van der Waals surface area contributed by atoms with Gasteiger partial charge in [-0.15, -0.1) is 0 Å². The fraction of sp³-hybridized carbons (Fsp3) is 0.375. The van der Waals surface area contributed by atoms with Gasteiger partial charge >= 0.3 is 0 Å². The zero-order chi connectivity index (χ0) is 14.8. The lowest BCUT2D eigenvalue weighted by molar-refractivity contribution is -0.118. The number of nitrogens with one attached hydrogen (secondary N) is 2. The molecule has 0 unspecified atom stereocenters. The number of benzene rings is 1. The maximum atomic E-state index is 12.4. The molecule has 1 amide bonds. The van der Waals surface area contributed by atoms with Crippen LogP contribution in [-0.4, -0.2) is 21.7 Å². The second-order valence-corrected chi connectivity index (χ2v) is 5.65. The zero-order valence-corrected chi connectivity index (χ0v) is 12.3. The van der Waals surface area contributed by atoms with Crippen molar-refractivity contribution in [2.45, 2.75) is 38.9 Å². The van der Waals surface area contributed by atoms with Gasteiger partial charge in [-0.25, -0.2) is 4.68 Å². The van der Waals surface area contributed by atoms with E-state index < -0.39 is 0 Å². The van der Waals surface area contributed by atoms with Gasteiger partial charge in [0.05, 0.1) is 12.2 Å². The molecule has 1 aromatic carbocycles.